The van der Waals surface area contributed by atoms with Crippen LogP contribution in [-0.4, -0.2) is 69.3 Å². The number of imidazole rings is 1. The van der Waals surface area contributed by atoms with Crippen LogP contribution in [-0.2, 0) is 0 Å². The van der Waals surface area contributed by atoms with E-state index in [-0.39, 0.29) is 11.4 Å². The van der Waals surface area contributed by atoms with Crippen LogP contribution in [0.25, 0.3) is 22.6 Å². The largest absolute Gasteiger partial charge is 0.481 e. The second kappa shape index (κ2) is 8.34. The van der Waals surface area contributed by atoms with Gasteiger partial charge in [0.25, 0.3) is 0 Å². The van der Waals surface area contributed by atoms with Crippen molar-refractivity contribution in [1.29, 1.82) is 0 Å². The SMILES string of the molecule is COc1ccc2nc(-c3ccc(N4CCN(c5ncc(C(=O)O)cc5F)CC4)nc3)[nH]c2n1. The minimum absolute atomic E-state index is 0.165. The first-order chi connectivity index (χ1) is 16.0. The number of rotatable bonds is 5. The van der Waals surface area contributed by atoms with E-state index < -0.39 is 11.8 Å². The molecule has 2 N–H and O–H groups in total. The van der Waals surface area contributed by atoms with E-state index in [1.54, 1.807) is 19.4 Å². The van der Waals surface area contributed by atoms with E-state index in [4.69, 9.17) is 9.84 Å². The number of halogens is 1. The molecule has 0 bridgehead atoms. The zero-order valence-electron chi connectivity index (χ0n) is 17.7. The lowest BCUT2D eigenvalue weighted by molar-refractivity contribution is 0.0696. The molecule has 11 heteroatoms. The Balaban J connectivity index is 1.27. The summed E-state index contributed by atoms with van der Waals surface area (Å²) in [5.41, 5.74) is 2.04. The Morgan fingerprint density at radius 3 is 2.52 bits per heavy atom. The summed E-state index contributed by atoms with van der Waals surface area (Å²) in [6.45, 7) is 2.33. The highest BCUT2D eigenvalue weighted by molar-refractivity contribution is 5.87. The summed E-state index contributed by atoms with van der Waals surface area (Å²) in [4.78, 5) is 35.6. The number of ether oxygens (including phenoxy) is 1. The Morgan fingerprint density at radius 2 is 1.85 bits per heavy atom. The number of fused-ring (bicyclic) bond motifs is 1. The number of carbonyl (C=O) groups is 1. The number of H-pyrrole nitrogens is 1. The van der Waals surface area contributed by atoms with Crippen LogP contribution in [0, 0.1) is 5.82 Å². The van der Waals surface area contributed by atoms with Gasteiger partial charge in [-0.3, -0.25) is 0 Å². The summed E-state index contributed by atoms with van der Waals surface area (Å²) < 4.78 is 19.5. The van der Waals surface area contributed by atoms with E-state index >= 15 is 0 Å². The van der Waals surface area contributed by atoms with Gasteiger partial charge >= 0.3 is 5.97 Å². The monoisotopic (exact) mass is 449 g/mol. The number of aromatic nitrogens is 5. The number of hydrogen-bond donors (Lipinski definition) is 2. The molecule has 1 aliphatic heterocycles. The van der Waals surface area contributed by atoms with Crippen molar-refractivity contribution in [1.82, 2.24) is 24.9 Å². The van der Waals surface area contributed by atoms with Crippen LogP contribution in [0.15, 0.2) is 42.7 Å². The first-order valence-electron chi connectivity index (χ1n) is 10.3. The summed E-state index contributed by atoms with van der Waals surface area (Å²) in [7, 11) is 1.57. The van der Waals surface area contributed by atoms with Gasteiger partial charge in [0.2, 0.25) is 5.88 Å². The highest BCUT2D eigenvalue weighted by Crippen LogP contribution is 2.24. The molecule has 1 saturated heterocycles. The number of methoxy groups -OCH3 is 1. The number of carboxylic acid groups (broad SMARTS) is 1. The van der Waals surface area contributed by atoms with Crippen LogP contribution in [0.4, 0.5) is 16.0 Å². The van der Waals surface area contributed by atoms with Gasteiger partial charge in [-0.2, -0.15) is 4.98 Å². The fraction of sp³-hybridized carbons (Fsp3) is 0.227. The molecule has 168 valence electrons. The number of piperazine rings is 1. The minimum atomic E-state index is -1.20. The van der Waals surface area contributed by atoms with Crippen molar-refractivity contribution < 1.29 is 19.0 Å². The summed E-state index contributed by atoms with van der Waals surface area (Å²) in [5, 5.41) is 8.97. The van der Waals surface area contributed by atoms with Crippen molar-refractivity contribution in [2.75, 3.05) is 43.1 Å². The lowest BCUT2D eigenvalue weighted by atomic mass is 10.2. The van der Waals surface area contributed by atoms with Crippen molar-refractivity contribution in [2.45, 2.75) is 0 Å². The second-order valence-electron chi connectivity index (χ2n) is 7.52. The van der Waals surface area contributed by atoms with E-state index in [1.807, 2.05) is 23.1 Å². The van der Waals surface area contributed by atoms with Gasteiger partial charge in [0.05, 0.1) is 12.7 Å². The highest BCUT2D eigenvalue weighted by Gasteiger charge is 2.22. The Morgan fingerprint density at radius 1 is 1.06 bits per heavy atom. The number of nitrogens with one attached hydrogen (secondary N) is 1. The molecule has 0 amide bonds. The van der Waals surface area contributed by atoms with Crippen LogP contribution < -0.4 is 14.5 Å². The Kier molecular flexibility index (Phi) is 5.21. The number of nitrogens with zero attached hydrogens (tertiary/aromatic N) is 6. The maximum atomic E-state index is 14.3. The second-order valence-corrected chi connectivity index (χ2v) is 7.52. The van der Waals surface area contributed by atoms with Crippen molar-refractivity contribution >= 4 is 28.8 Å². The maximum Gasteiger partial charge on any atom is 0.337 e. The highest BCUT2D eigenvalue weighted by atomic mass is 19.1. The Hall–Kier alpha value is -4.28. The molecule has 5 rings (SSSR count). The topological polar surface area (TPSA) is 120 Å². The van der Waals surface area contributed by atoms with Crippen LogP contribution >= 0.6 is 0 Å². The van der Waals surface area contributed by atoms with Gasteiger partial charge in [0, 0.05) is 50.2 Å². The smallest absolute Gasteiger partial charge is 0.337 e. The summed E-state index contributed by atoms with van der Waals surface area (Å²) in [5.74, 6) is 0.316. The van der Waals surface area contributed by atoms with E-state index in [2.05, 4.69) is 29.8 Å². The quantitative estimate of drug-likeness (QED) is 0.474. The molecule has 1 fully saturated rings. The van der Waals surface area contributed by atoms with Crippen molar-refractivity contribution in [3.8, 4) is 17.3 Å². The van der Waals surface area contributed by atoms with Gasteiger partial charge in [-0.15, -0.1) is 0 Å². The van der Waals surface area contributed by atoms with Crippen LogP contribution in [0.1, 0.15) is 10.4 Å². The molecule has 1 aliphatic rings. The fourth-order valence-electron chi connectivity index (χ4n) is 3.77. The van der Waals surface area contributed by atoms with E-state index in [1.165, 1.54) is 6.20 Å². The molecular formula is C22H20FN7O3. The standard InChI is InChI=1S/C22H20FN7O3/c1-33-18-5-3-16-20(27-18)28-19(26-16)13-2-4-17(24-11-13)29-6-8-30(9-7-29)21-15(23)10-14(12-25-21)22(31)32/h2-5,10-12H,6-9H2,1H3,(H,31,32)(H,26,27,28). The first kappa shape index (κ1) is 20.6. The zero-order valence-corrected chi connectivity index (χ0v) is 17.7. The van der Waals surface area contributed by atoms with Gasteiger partial charge in [0.15, 0.2) is 17.3 Å². The number of aromatic amines is 1. The maximum absolute atomic E-state index is 14.3. The van der Waals surface area contributed by atoms with Crippen molar-refractivity contribution in [3.05, 3.63) is 54.1 Å². The molecule has 0 saturated carbocycles. The molecule has 33 heavy (non-hydrogen) atoms. The average Bonchev–Trinajstić information content (AvgIpc) is 3.27. The summed E-state index contributed by atoms with van der Waals surface area (Å²) >= 11 is 0. The Labute approximate surface area is 187 Å². The molecule has 0 radical (unpaired) electrons. The molecule has 10 nitrogen and oxygen atoms in total. The van der Waals surface area contributed by atoms with Gasteiger partial charge < -0.3 is 24.6 Å². The summed E-state index contributed by atoms with van der Waals surface area (Å²) in [6, 6.07) is 8.47. The molecule has 0 aromatic carbocycles. The van der Waals surface area contributed by atoms with Gasteiger partial charge in [0.1, 0.15) is 17.2 Å². The predicted molar refractivity (Wildman–Crippen MR) is 119 cm³/mol. The fourth-order valence-corrected chi connectivity index (χ4v) is 3.77. The summed E-state index contributed by atoms with van der Waals surface area (Å²) in [6.07, 6.45) is 2.93. The number of carboxylic acids is 1. The van der Waals surface area contributed by atoms with Crippen LogP contribution in [0.3, 0.4) is 0 Å². The van der Waals surface area contributed by atoms with Crippen LogP contribution in [0.5, 0.6) is 5.88 Å². The molecule has 4 aromatic heterocycles. The zero-order chi connectivity index (χ0) is 22.9. The van der Waals surface area contributed by atoms with E-state index in [9.17, 15) is 9.18 Å². The van der Waals surface area contributed by atoms with Crippen molar-refractivity contribution in [3.63, 3.8) is 0 Å². The third-order valence-electron chi connectivity index (χ3n) is 5.52. The normalized spacial score (nSPS) is 14.0. The molecule has 4 aromatic rings. The van der Waals surface area contributed by atoms with Crippen molar-refractivity contribution in [2.24, 2.45) is 0 Å². The van der Waals surface area contributed by atoms with Gasteiger partial charge in [-0.1, -0.05) is 0 Å². The number of aromatic carboxylic acids is 1. The molecule has 0 atom stereocenters. The number of anilines is 2. The molecular weight excluding hydrogens is 429 g/mol. The van der Waals surface area contributed by atoms with Gasteiger partial charge in [-0.05, 0) is 24.3 Å². The third kappa shape index (κ3) is 4.00. The molecule has 0 aliphatic carbocycles. The lowest BCUT2D eigenvalue weighted by Crippen LogP contribution is -2.47. The van der Waals surface area contributed by atoms with Gasteiger partial charge in [-0.25, -0.2) is 24.1 Å². The molecule has 0 unspecified atom stereocenters. The minimum Gasteiger partial charge on any atom is -0.481 e. The average molecular weight is 449 g/mol. The first-order valence-corrected chi connectivity index (χ1v) is 10.3. The number of pyridine rings is 3. The predicted octanol–water partition coefficient (Wildman–Crippen LogP) is 2.59. The Bertz CT molecular complexity index is 1320. The molecule has 0 spiro atoms. The lowest BCUT2D eigenvalue weighted by Gasteiger charge is -2.36. The third-order valence-corrected chi connectivity index (χ3v) is 5.52. The van der Waals surface area contributed by atoms with E-state index in [0.29, 0.717) is 43.5 Å². The van der Waals surface area contributed by atoms with E-state index in [0.717, 1.165) is 23.0 Å². The molecule has 5 heterocycles. The van der Waals surface area contributed by atoms with Crippen LogP contribution in [0.2, 0.25) is 0 Å². The number of hydrogen-bond acceptors (Lipinski definition) is 8.